The predicted molar refractivity (Wildman–Crippen MR) is 101 cm³/mol. The molecule has 1 aromatic carbocycles. The molecule has 0 spiro atoms. The van der Waals surface area contributed by atoms with Crippen LogP contribution in [-0.4, -0.2) is 28.9 Å². The zero-order valence-electron chi connectivity index (χ0n) is 14.7. The molecule has 0 radical (unpaired) electrons. The van der Waals surface area contributed by atoms with Crippen molar-refractivity contribution in [2.75, 3.05) is 12.4 Å². The Labute approximate surface area is 156 Å². The van der Waals surface area contributed by atoms with Crippen LogP contribution in [0.5, 0.6) is 5.75 Å². The normalized spacial score (nSPS) is 10.1. The molecule has 0 aliphatic rings. The van der Waals surface area contributed by atoms with Crippen molar-refractivity contribution in [3.8, 4) is 5.75 Å². The molecule has 3 aromatic rings. The Hall–Kier alpha value is -3.74. The lowest BCUT2D eigenvalue weighted by Gasteiger charge is -2.08. The Bertz CT molecular complexity index is 927. The van der Waals surface area contributed by atoms with E-state index < -0.39 is 0 Å². The van der Waals surface area contributed by atoms with E-state index >= 15 is 0 Å². The van der Waals surface area contributed by atoms with E-state index in [0.717, 1.165) is 5.56 Å². The molecule has 0 unspecified atom stereocenters. The Kier molecular flexibility index (Phi) is 5.73. The molecule has 3 rings (SSSR count). The number of benzene rings is 1. The topological polar surface area (TPSA) is 93.2 Å². The van der Waals surface area contributed by atoms with Gasteiger partial charge in [0.15, 0.2) is 0 Å². The Morgan fingerprint density at radius 1 is 0.963 bits per heavy atom. The van der Waals surface area contributed by atoms with Crippen LogP contribution < -0.4 is 15.4 Å². The van der Waals surface area contributed by atoms with E-state index in [9.17, 15) is 9.59 Å². The van der Waals surface area contributed by atoms with Gasteiger partial charge in [0.2, 0.25) is 0 Å². The maximum atomic E-state index is 12.4. The Balaban J connectivity index is 1.64. The molecule has 0 aliphatic carbocycles. The number of ether oxygens (including phenoxy) is 1. The number of carbonyl (C=O) groups excluding carboxylic acids is 2. The minimum absolute atomic E-state index is 0.173. The molecule has 2 heterocycles. The zero-order chi connectivity index (χ0) is 19.1. The van der Waals surface area contributed by atoms with Crippen LogP contribution in [0.2, 0.25) is 0 Å². The van der Waals surface area contributed by atoms with Crippen LogP contribution in [-0.2, 0) is 6.54 Å². The van der Waals surface area contributed by atoms with Gasteiger partial charge < -0.3 is 15.4 Å². The standard InChI is InChI=1S/C20H18N4O3/c1-27-17-4-2-16(3-5-17)24-19(25)15-8-11-22-18(12-15)20(26)23-13-14-6-9-21-10-7-14/h2-12H,13H2,1H3,(H,23,26)(H,24,25). The maximum Gasteiger partial charge on any atom is 0.270 e. The van der Waals surface area contributed by atoms with Gasteiger partial charge in [0.25, 0.3) is 11.8 Å². The summed E-state index contributed by atoms with van der Waals surface area (Å²) in [6, 6.07) is 13.6. The van der Waals surface area contributed by atoms with Crippen LogP contribution in [0.1, 0.15) is 26.4 Å². The lowest BCUT2D eigenvalue weighted by atomic mass is 10.2. The molecule has 2 N–H and O–H groups in total. The third-order valence-corrected chi connectivity index (χ3v) is 3.81. The average molecular weight is 362 g/mol. The van der Waals surface area contributed by atoms with Gasteiger partial charge in [0.05, 0.1) is 7.11 Å². The van der Waals surface area contributed by atoms with E-state index in [-0.39, 0.29) is 17.5 Å². The van der Waals surface area contributed by atoms with Crippen molar-refractivity contribution in [1.29, 1.82) is 0 Å². The molecule has 7 nitrogen and oxygen atoms in total. The molecule has 0 fully saturated rings. The third-order valence-electron chi connectivity index (χ3n) is 3.81. The Morgan fingerprint density at radius 2 is 1.70 bits per heavy atom. The first-order chi connectivity index (χ1) is 13.2. The molecular formula is C20H18N4O3. The van der Waals surface area contributed by atoms with Crippen LogP contribution in [0.25, 0.3) is 0 Å². The first-order valence-corrected chi connectivity index (χ1v) is 8.24. The number of methoxy groups -OCH3 is 1. The highest BCUT2D eigenvalue weighted by molar-refractivity contribution is 6.05. The van der Waals surface area contributed by atoms with Crippen molar-refractivity contribution in [3.63, 3.8) is 0 Å². The molecule has 0 saturated heterocycles. The second kappa shape index (κ2) is 8.57. The molecule has 2 aromatic heterocycles. The van der Waals surface area contributed by atoms with E-state index in [1.165, 1.54) is 12.3 Å². The molecule has 0 saturated carbocycles. The lowest BCUT2D eigenvalue weighted by molar-refractivity contribution is 0.0946. The molecule has 0 atom stereocenters. The predicted octanol–water partition coefficient (Wildman–Crippen LogP) is 2.67. The van der Waals surface area contributed by atoms with Crippen molar-refractivity contribution in [2.45, 2.75) is 6.54 Å². The zero-order valence-corrected chi connectivity index (χ0v) is 14.7. The van der Waals surface area contributed by atoms with Gasteiger partial charge in [0.1, 0.15) is 11.4 Å². The molecule has 7 heteroatoms. The van der Waals surface area contributed by atoms with Crippen molar-refractivity contribution in [1.82, 2.24) is 15.3 Å². The SMILES string of the molecule is COc1ccc(NC(=O)c2ccnc(C(=O)NCc3ccncc3)c2)cc1. The maximum absolute atomic E-state index is 12.4. The van der Waals surface area contributed by atoms with Gasteiger partial charge in [0, 0.05) is 36.4 Å². The van der Waals surface area contributed by atoms with E-state index in [4.69, 9.17) is 4.74 Å². The summed E-state index contributed by atoms with van der Waals surface area (Å²) in [4.78, 5) is 32.7. The first-order valence-electron chi connectivity index (χ1n) is 8.24. The summed E-state index contributed by atoms with van der Waals surface area (Å²) in [5.41, 5.74) is 2.06. The van der Waals surface area contributed by atoms with Crippen LogP contribution in [0, 0.1) is 0 Å². The number of nitrogens with zero attached hydrogens (tertiary/aromatic N) is 2. The van der Waals surface area contributed by atoms with Crippen molar-refractivity contribution in [2.24, 2.45) is 0 Å². The molecule has 0 aliphatic heterocycles. The van der Waals surface area contributed by atoms with E-state index in [2.05, 4.69) is 20.6 Å². The van der Waals surface area contributed by atoms with Crippen LogP contribution in [0.3, 0.4) is 0 Å². The van der Waals surface area contributed by atoms with Gasteiger partial charge in [-0.05, 0) is 54.1 Å². The van der Waals surface area contributed by atoms with Crippen LogP contribution >= 0.6 is 0 Å². The fourth-order valence-electron chi connectivity index (χ4n) is 2.35. The molecule has 2 amide bonds. The summed E-state index contributed by atoms with van der Waals surface area (Å²) in [7, 11) is 1.58. The number of hydrogen-bond acceptors (Lipinski definition) is 5. The summed E-state index contributed by atoms with van der Waals surface area (Å²) >= 11 is 0. The van der Waals surface area contributed by atoms with Crippen LogP contribution in [0.15, 0.2) is 67.1 Å². The van der Waals surface area contributed by atoms with E-state index in [1.54, 1.807) is 49.8 Å². The minimum Gasteiger partial charge on any atom is -0.497 e. The van der Waals surface area contributed by atoms with Crippen molar-refractivity contribution in [3.05, 3.63) is 83.9 Å². The summed E-state index contributed by atoms with van der Waals surface area (Å²) < 4.78 is 5.09. The average Bonchev–Trinajstić information content (AvgIpc) is 2.73. The second-order valence-corrected chi connectivity index (χ2v) is 5.65. The number of pyridine rings is 2. The molecule has 136 valence electrons. The molecular weight excluding hydrogens is 344 g/mol. The number of nitrogens with one attached hydrogen (secondary N) is 2. The highest BCUT2D eigenvalue weighted by atomic mass is 16.5. The van der Waals surface area contributed by atoms with Gasteiger partial charge in [-0.3, -0.25) is 19.6 Å². The van der Waals surface area contributed by atoms with Gasteiger partial charge in [-0.15, -0.1) is 0 Å². The summed E-state index contributed by atoms with van der Waals surface area (Å²) in [5, 5.41) is 5.54. The monoisotopic (exact) mass is 362 g/mol. The van der Waals surface area contributed by atoms with Gasteiger partial charge >= 0.3 is 0 Å². The number of amides is 2. The summed E-state index contributed by atoms with van der Waals surface area (Å²) in [6.45, 7) is 0.352. The van der Waals surface area contributed by atoms with Gasteiger partial charge in [-0.2, -0.15) is 0 Å². The van der Waals surface area contributed by atoms with Crippen LogP contribution in [0.4, 0.5) is 5.69 Å². The lowest BCUT2D eigenvalue weighted by Crippen LogP contribution is -2.24. The highest BCUT2D eigenvalue weighted by Gasteiger charge is 2.12. The Morgan fingerprint density at radius 3 is 2.41 bits per heavy atom. The summed E-state index contributed by atoms with van der Waals surface area (Å²) in [5.74, 6) is 0.0155. The smallest absolute Gasteiger partial charge is 0.270 e. The number of anilines is 1. The molecule has 0 bridgehead atoms. The van der Waals surface area contributed by atoms with Crippen molar-refractivity contribution < 1.29 is 14.3 Å². The summed E-state index contributed by atoms with van der Waals surface area (Å²) in [6.07, 6.45) is 4.75. The fraction of sp³-hybridized carbons (Fsp3) is 0.100. The largest absolute Gasteiger partial charge is 0.497 e. The van der Waals surface area contributed by atoms with Gasteiger partial charge in [-0.25, -0.2) is 0 Å². The number of hydrogen-bond donors (Lipinski definition) is 2. The number of carbonyl (C=O) groups is 2. The van der Waals surface area contributed by atoms with E-state index in [0.29, 0.717) is 23.5 Å². The van der Waals surface area contributed by atoms with Gasteiger partial charge in [-0.1, -0.05) is 0 Å². The number of rotatable bonds is 6. The highest BCUT2D eigenvalue weighted by Crippen LogP contribution is 2.16. The fourth-order valence-corrected chi connectivity index (χ4v) is 2.35. The van der Waals surface area contributed by atoms with E-state index in [1.807, 2.05) is 12.1 Å². The quantitative estimate of drug-likeness (QED) is 0.703. The first kappa shape index (κ1) is 18.1. The van der Waals surface area contributed by atoms with Crippen molar-refractivity contribution >= 4 is 17.5 Å². The minimum atomic E-state index is -0.356. The molecule has 27 heavy (non-hydrogen) atoms. The second-order valence-electron chi connectivity index (χ2n) is 5.65. The third kappa shape index (κ3) is 4.88. The number of aromatic nitrogens is 2.